The zero-order valence-corrected chi connectivity index (χ0v) is 12.1. The number of aliphatic hydroxyl groups excluding tert-OH is 1. The first-order chi connectivity index (χ1) is 9.86. The van der Waals surface area contributed by atoms with Crippen molar-refractivity contribution in [1.82, 2.24) is 4.90 Å². The van der Waals surface area contributed by atoms with Crippen LogP contribution in [-0.4, -0.2) is 55.2 Å². The number of likely N-dealkylation sites (N-methyl/N-ethyl adjacent to an activating group) is 1. The van der Waals surface area contributed by atoms with Gasteiger partial charge in [-0.1, -0.05) is 0 Å². The molecule has 1 aromatic carbocycles. The van der Waals surface area contributed by atoms with Gasteiger partial charge in [0.1, 0.15) is 18.5 Å². The van der Waals surface area contributed by atoms with E-state index >= 15 is 0 Å². The van der Waals surface area contributed by atoms with Gasteiger partial charge in [-0.15, -0.1) is 0 Å². The highest BCUT2D eigenvalue weighted by atomic mass is 19.3. The Hall–Kier alpha value is -1.73. The maximum Gasteiger partial charge on any atom is 0.251 e. The van der Waals surface area contributed by atoms with E-state index in [0.717, 1.165) is 0 Å². The number of hydrogen-bond acceptors (Lipinski definition) is 4. The molecule has 7 heteroatoms. The molecule has 1 unspecified atom stereocenters. The number of carbonyl (C=O) groups excluding carboxylic acids is 1. The number of rotatable bonds is 8. The molecular formula is C14H20F2N2O3. The van der Waals surface area contributed by atoms with E-state index in [9.17, 15) is 18.7 Å². The Morgan fingerprint density at radius 3 is 2.48 bits per heavy atom. The second kappa shape index (κ2) is 8.53. The highest BCUT2D eigenvalue weighted by molar-refractivity contribution is 5.88. The molecule has 1 amide bonds. The molecule has 0 aromatic heterocycles. The van der Waals surface area contributed by atoms with E-state index in [1.54, 1.807) is 24.3 Å². The van der Waals surface area contributed by atoms with Gasteiger partial charge in [-0.2, -0.15) is 0 Å². The van der Waals surface area contributed by atoms with Crippen LogP contribution in [-0.2, 0) is 4.79 Å². The Morgan fingerprint density at radius 2 is 1.95 bits per heavy atom. The number of amides is 1. The van der Waals surface area contributed by atoms with Gasteiger partial charge in [0.2, 0.25) is 5.91 Å². The average Bonchev–Trinajstić information content (AvgIpc) is 2.36. The van der Waals surface area contributed by atoms with E-state index in [-0.39, 0.29) is 25.6 Å². The molecule has 1 rings (SSSR count). The highest BCUT2D eigenvalue weighted by Gasteiger charge is 2.13. The number of nitrogens with zero attached hydrogens (tertiary/aromatic N) is 1. The summed E-state index contributed by atoms with van der Waals surface area (Å²) in [6, 6.07) is 6.65. The van der Waals surface area contributed by atoms with Gasteiger partial charge in [0.15, 0.2) is 0 Å². The average molecular weight is 302 g/mol. The van der Waals surface area contributed by atoms with Crippen LogP contribution in [0.3, 0.4) is 0 Å². The number of benzene rings is 1. The Labute approximate surface area is 122 Å². The minimum Gasteiger partial charge on any atom is -0.491 e. The molecule has 1 atom stereocenters. The lowest BCUT2D eigenvalue weighted by atomic mass is 10.3. The maximum absolute atomic E-state index is 12.1. The minimum atomic E-state index is -2.43. The molecule has 0 heterocycles. The topological polar surface area (TPSA) is 61.8 Å². The third-order valence-corrected chi connectivity index (χ3v) is 2.59. The molecule has 0 radical (unpaired) electrons. The number of carbonyl (C=O) groups is 1. The van der Waals surface area contributed by atoms with Crippen molar-refractivity contribution in [3.8, 4) is 5.75 Å². The largest absolute Gasteiger partial charge is 0.491 e. The van der Waals surface area contributed by atoms with Crippen LogP contribution in [0.15, 0.2) is 24.3 Å². The van der Waals surface area contributed by atoms with Crippen LogP contribution >= 0.6 is 0 Å². The zero-order valence-electron chi connectivity index (χ0n) is 12.1. The minimum absolute atomic E-state index is 0.00701. The molecule has 21 heavy (non-hydrogen) atoms. The molecule has 5 nitrogen and oxygen atoms in total. The van der Waals surface area contributed by atoms with Gasteiger partial charge in [0, 0.05) is 19.2 Å². The number of alkyl halides is 2. The van der Waals surface area contributed by atoms with E-state index < -0.39 is 12.5 Å². The Morgan fingerprint density at radius 1 is 1.33 bits per heavy atom. The van der Waals surface area contributed by atoms with Crippen molar-refractivity contribution in [2.75, 3.05) is 32.1 Å². The summed E-state index contributed by atoms with van der Waals surface area (Å²) >= 11 is 0. The highest BCUT2D eigenvalue weighted by Crippen LogP contribution is 2.15. The Bertz CT molecular complexity index is 440. The van der Waals surface area contributed by atoms with Gasteiger partial charge in [0.25, 0.3) is 6.43 Å². The van der Waals surface area contributed by atoms with Crippen molar-refractivity contribution in [3.05, 3.63) is 24.3 Å². The first-order valence-corrected chi connectivity index (χ1v) is 6.52. The number of halogens is 2. The summed E-state index contributed by atoms with van der Waals surface area (Å²) in [6.07, 6.45) is -3.28. The monoisotopic (exact) mass is 302 g/mol. The predicted molar refractivity (Wildman–Crippen MR) is 75.7 cm³/mol. The smallest absolute Gasteiger partial charge is 0.251 e. The van der Waals surface area contributed by atoms with E-state index in [4.69, 9.17) is 4.74 Å². The SMILES string of the molecule is CC(=O)Nc1ccc(OCC(O)CN(C)CC(F)F)cc1. The second-order valence-electron chi connectivity index (χ2n) is 4.78. The van der Waals surface area contributed by atoms with E-state index in [1.807, 2.05) is 0 Å². The molecule has 0 spiro atoms. The summed E-state index contributed by atoms with van der Waals surface area (Å²) in [6.45, 7) is 1.14. The second-order valence-corrected chi connectivity index (χ2v) is 4.78. The van der Waals surface area contributed by atoms with Crippen LogP contribution in [0.4, 0.5) is 14.5 Å². The fraction of sp³-hybridized carbons (Fsp3) is 0.500. The zero-order chi connectivity index (χ0) is 15.8. The molecule has 0 aliphatic carbocycles. The van der Waals surface area contributed by atoms with Crippen LogP contribution in [0.1, 0.15) is 6.92 Å². The molecule has 0 fully saturated rings. The van der Waals surface area contributed by atoms with E-state index in [2.05, 4.69) is 5.32 Å². The summed E-state index contributed by atoms with van der Waals surface area (Å²) in [4.78, 5) is 12.2. The van der Waals surface area contributed by atoms with Crippen LogP contribution in [0.2, 0.25) is 0 Å². The van der Waals surface area contributed by atoms with E-state index in [1.165, 1.54) is 18.9 Å². The lowest BCUT2D eigenvalue weighted by Crippen LogP contribution is -2.35. The normalized spacial score (nSPS) is 12.5. The number of aliphatic hydroxyl groups is 1. The summed E-state index contributed by atoms with van der Waals surface area (Å²) in [5, 5.41) is 12.3. The first kappa shape index (κ1) is 17.3. The van der Waals surface area contributed by atoms with Gasteiger partial charge in [-0.3, -0.25) is 9.69 Å². The van der Waals surface area contributed by atoms with Crippen LogP contribution in [0.25, 0.3) is 0 Å². The molecular weight excluding hydrogens is 282 g/mol. The number of anilines is 1. The van der Waals surface area contributed by atoms with Crippen molar-refractivity contribution in [2.24, 2.45) is 0 Å². The predicted octanol–water partition coefficient (Wildman–Crippen LogP) is 1.58. The summed E-state index contributed by atoms with van der Waals surface area (Å²) in [5.41, 5.74) is 0.645. The van der Waals surface area contributed by atoms with Gasteiger partial charge in [-0.05, 0) is 31.3 Å². The quantitative estimate of drug-likeness (QED) is 0.765. The number of hydrogen-bond donors (Lipinski definition) is 2. The molecule has 2 N–H and O–H groups in total. The van der Waals surface area contributed by atoms with Crippen LogP contribution in [0, 0.1) is 0 Å². The molecule has 118 valence electrons. The number of nitrogens with one attached hydrogen (secondary N) is 1. The third kappa shape index (κ3) is 7.57. The van der Waals surface area contributed by atoms with Crippen LogP contribution in [0.5, 0.6) is 5.75 Å². The standard InChI is InChI=1S/C14H20F2N2O3/c1-10(19)17-11-3-5-13(6-4-11)21-9-12(20)7-18(2)8-14(15)16/h3-6,12,14,20H,7-9H2,1-2H3,(H,17,19). The van der Waals surface area contributed by atoms with Crippen molar-refractivity contribution in [1.29, 1.82) is 0 Å². The van der Waals surface area contributed by atoms with Gasteiger partial charge in [0.05, 0.1) is 6.54 Å². The third-order valence-electron chi connectivity index (χ3n) is 2.59. The van der Waals surface area contributed by atoms with Gasteiger partial charge >= 0.3 is 0 Å². The maximum atomic E-state index is 12.1. The van der Waals surface area contributed by atoms with Crippen molar-refractivity contribution < 1.29 is 23.4 Å². The summed E-state index contributed by atoms with van der Waals surface area (Å²) in [7, 11) is 1.51. The lowest BCUT2D eigenvalue weighted by Gasteiger charge is -2.20. The lowest BCUT2D eigenvalue weighted by molar-refractivity contribution is -0.114. The molecule has 0 saturated carbocycles. The Balaban J connectivity index is 2.35. The van der Waals surface area contributed by atoms with Crippen molar-refractivity contribution >= 4 is 11.6 Å². The molecule has 0 aliphatic rings. The van der Waals surface area contributed by atoms with Gasteiger partial charge < -0.3 is 15.2 Å². The summed E-state index contributed by atoms with van der Waals surface area (Å²) < 4.78 is 29.6. The fourth-order valence-corrected chi connectivity index (χ4v) is 1.75. The number of ether oxygens (including phenoxy) is 1. The van der Waals surface area contributed by atoms with Crippen molar-refractivity contribution in [2.45, 2.75) is 19.5 Å². The molecule has 1 aromatic rings. The Kier molecular flexibility index (Phi) is 7.04. The molecule has 0 saturated heterocycles. The molecule has 0 bridgehead atoms. The van der Waals surface area contributed by atoms with Gasteiger partial charge in [-0.25, -0.2) is 8.78 Å². The summed E-state index contributed by atoms with van der Waals surface area (Å²) in [5.74, 6) is 0.362. The molecule has 0 aliphatic heterocycles. The van der Waals surface area contributed by atoms with Crippen LogP contribution < -0.4 is 10.1 Å². The fourth-order valence-electron chi connectivity index (χ4n) is 1.75. The van der Waals surface area contributed by atoms with E-state index in [0.29, 0.717) is 11.4 Å². The van der Waals surface area contributed by atoms with Crippen molar-refractivity contribution in [3.63, 3.8) is 0 Å². The first-order valence-electron chi connectivity index (χ1n) is 6.52.